The van der Waals surface area contributed by atoms with Crippen LogP contribution in [-0.2, 0) is 6.42 Å². The topological polar surface area (TPSA) is 73.3 Å². The Labute approximate surface area is 131 Å². The highest BCUT2D eigenvalue weighted by molar-refractivity contribution is 6.30. The molecule has 7 heteroatoms. The molecule has 3 aromatic rings. The first kappa shape index (κ1) is 14.5. The van der Waals surface area contributed by atoms with Gasteiger partial charge in [-0.1, -0.05) is 23.7 Å². The predicted octanol–water partition coefficient (Wildman–Crippen LogP) is 3.50. The number of nitro groups is 1. The van der Waals surface area contributed by atoms with Gasteiger partial charge in [-0.15, -0.1) is 0 Å². The SMILES string of the molecule is Cc1cc2nc(C)c(Cc3ccc([N+](=O)[O-])cc3)c(Cl)n2n1. The van der Waals surface area contributed by atoms with E-state index in [9.17, 15) is 10.1 Å². The molecule has 3 rings (SSSR count). The molecule has 22 heavy (non-hydrogen) atoms. The number of aryl methyl sites for hydroxylation is 2. The van der Waals surface area contributed by atoms with E-state index in [0.29, 0.717) is 17.2 Å². The molecule has 0 saturated heterocycles. The van der Waals surface area contributed by atoms with E-state index in [1.807, 2.05) is 19.9 Å². The van der Waals surface area contributed by atoms with Crippen LogP contribution in [0.25, 0.3) is 5.65 Å². The van der Waals surface area contributed by atoms with Crippen molar-refractivity contribution in [1.29, 1.82) is 0 Å². The zero-order valence-electron chi connectivity index (χ0n) is 12.1. The Morgan fingerprint density at radius 3 is 2.59 bits per heavy atom. The van der Waals surface area contributed by atoms with Gasteiger partial charge in [0, 0.05) is 35.9 Å². The number of halogens is 1. The van der Waals surface area contributed by atoms with Crippen molar-refractivity contribution in [2.75, 3.05) is 0 Å². The van der Waals surface area contributed by atoms with Gasteiger partial charge < -0.3 is 0 Å². The van der Waals surface area contributed by atoms with Crippen LogP contribution in [0.3, 0.4) is 0 Å². The highest BCUT2D eigenvalue weighted by Gasteiger charge is 2.14. The van der Waals surface area contributed by atoms with Crippen LogP contribution in [0.5, 0.6) is 0 Å². The zero-order valence-corrected chi connectivity index (χ0v) is 12.8. The number of fused-ring (bicyclic) bond motifs is 1. The molecule has 1 aromatic carbocycles. The summed E-state index contributed by atoms with van der Waals surface area (Å²) in [5.41, 5.74) is 4.26. The molecule has 0 fully saturated rings. The third kappa shape index (κ3) is 2.53. The Kier molecular flexibility index (Phi) is 3.54. The number of non-ortho nitro benzene ring substituents is 1. The average molecular weight is 317 g/mol. The van der Waals surface area contributed by atoms with E-state index in [-0.39, 0.29) is 5.69 Å². The molecule has 112 valence electrons. The van der Waals surface area contributed by atoms with E-state index >= 15 is 0 Å². The molecule has 0 radical (unpaired) electrons. The lowest BCUT2D eigenvalue weighted by atomic mass is 10.0. The second kappa shape index (κ2) is 5.38. The average Bonchev–Trinajstić information content (AvgIpc) is 2.84. The fourth-order valence-corrected chi connectivity index (χ4v) is 2.69. The Morgan fingerprint density at radius 2 is 1.95 bits per heavy atom. The summed E-state index contributed by atoms with van der Waals surface area (Å²) >= 11 is 6.44. The van der Waals surface area contributed by atoms with Crippen molar-refractivity contribution in [3.8, 4) is 0 Å². The van der Waals surface area contributed by atoms with Crippen molar-refractivity contribution >= 4 is 22.9 Å². The van der Waals surface area contributed by atoms with Crippen LogP contribution >= 0.6 is 11.6 Å². The van der Waals surface area contributed by atoms with E-state index < -0.39 is 4.92 Å². The normalized spacial score (nSPS) is 11.0. The van der Waals surface area contributed by atoms with E-state index in [4.69, 9.17) is 11.6 Å². The summed E-state index contributed by atoms with van der Waals surface area (Å²) in [7, 11) is 0. The van der Waals surface area contributed by atoms with Crippen molar-refractivity contribution in [2.24, 2.45) is 0 Å². The van der Waals surface area contributed by atoms with E-state index in [1.54, 1.807) is 16.6 Å². The molecular weight excluding hydrogens is 304 g/mol. The van der Waals surface area contributed by atoms with E-state index in [0.717, 1.165) is 22.5 Å². The van der Waals surface area contributed by atoms with Gasteiger partial charge in [0.25, 0.3) is 5.69 Å². The van der Waals surface area contributed by atoms with Gasteiger partial charge in [0.05, 0.1) is 10.6 Å². The highest BCUT2D eigenvalue weighted by atomic mass is 35.5. The zero-order chi connectivity index (χ0) is 15.9. The number of benzene rings is 1. The third-order valence-corrected chi connectivity index (χ3v) is 3.88. The number of hydrogen-bond acceptors (Lipinski definition) is 4. The van der Waals surface area contributed by atoms with Crippen LogP contribution in [0, 0.1) is 24.0 Å². The minimum absolute atomic E-state index is 0.0721. The molecule has 0 unspecified atom stereocenters. The van der Waals surface area contributed by atoms with Gasteiger partial charge in [-0.25, -0.2) is 9.50 Å². The quantitative estimate of drug-likeness (QED) is 0.421. The summed E-state index contributed by atoms with van der Waals surface area (Å²) in [6.07, 6.45) is 0.546. The maximum Gasteiger partial charge on any atom is 0.269 e. The van der Waals surface area contributed by atoms with Gasteiger partial charge in [0.1, 0.15) is 5.15 Å². The fraction of sp³-hybridized carbons (Fsp3) is 0.200. The first-order valence-electron chi connectivity index (χ1n) is 6.70. The summed E-state index contributed by atoms with van der Waals surface area (Å²) < 4.78 is 1.62. The fourth-order valence-electron chi connectivity index (χ4n) is 2.37. The maximum absolute atomic E-state index is 10.7. The van der Waals surface area contributed by atoms with Crippen LogP contribution in [0.4, 0.5) is 5.69 Å². The van der Waals surface area contributed by atoms with Crippen LogP contribution < -0.4 is 0 Å². The smallest absolute Gasteiger partial charge is 0.258 e. The summed E-state index contributed by atoms with van der Waals surface area (Å²) in [5.74, 6) is 0. The van der Waals surface area contributed by atoms with Crippen LogP contribution in [0.1, 0.15) is 22.5 Å². The van der Waals surface area contributed by atoms with Gasteiger partial charge in [-0.3, -0.25) is 10.1 Å². The third-order valence-electron chi connectivity index (χ3n) is 3.49. The van der Waals surface area contributed by atoms with Gasteiger partial charge in [0.15, 0.2) is 5.65 Å². The second-order valence-electron chi connectivity index (χ2n) is 5.12. The van der Waals surface area contributed by atoms with Crippen LogP contribution in [0.2, 0.25) is 5.15 Å². The minimum atomic E-state index is -0.415. The van der Waals surface area contributed by atoms with Crippen molar-refractivity contribution < 1.29 is 4.92 Å². The monoisotopic (exact) mass is 316 g/mol. The van der Waals surface area contributed by atoms with Gasteiger partial charge >= 0.3 is 0 Å². The van der Waals surface area contributed by atoms with Crippen molar-refractivity contribution in [3.63, 3.8) is 0 Å². The lowest BCUT2D eigenvalue weighted by molar-refractivity contribution is -0.384. The molecule has 0 bridgehead atoms. The lowest BCUT2D eigenvalue weighted by Crippen LogP contribution is -2.03. The standard InChI is InChI=1S/C15H13ClN4O2/c1-9-7-14-17-10(2)13(15(16)19(14)18-9)8-11-3-5-12(6-4-11)20(21)22/h3-7H,8H2,1-2H3. The van der Waals surface area contributed by atoms with Gasteiger partial charge in [0.2, 0.25) is 0 Å². The Hall–Kier alpha value is -2.47. The van der Waals surface area contributed by atoms with Crippen molar-refractivity contribution in [2.45, 2.75) is 20.3 Å². The van der Waals surface area contributed by atoms with E-state index in [2.05, 4.69) is 10.1 Å². The second-order valence-corrected chi connectivity index (χ2v) is 5.48. The molecule has 0 aliphatic rings. The highest BCUT2D eigenvalue weighted by Crippen LogP contribution is 2.24. The Balaban J connectivity index is 2.01. The molecule has 0 saturated carbocycles. The van der Waals surface area contributed by atoms with Gasteiger partial charge in [-0.05, 0) is 19.4 Å². The molecule has 0 N–H and O–H groups in total. The summed E-state index contributed by atoms with van der Waals surface area (Å²) in [4.78, 5) is 14.8. The first-order valence-corrected chi connectivity index (χ1v) is 7.08. The van der Waals surface area contributed by atoms with E-state index in [1.165, 1.54) is 12.1 Å². The summed E-state index contributed by atoms with van der Waals surface area (Å²) in [6, 6.07) is 8.30. The van der Waals surface area contributed by atoms with Gasteiger partial charge in [-0.2, -0.15) is 5.10 Å². The number of nitrogens with zero attached hydrogens (tertiary/aromatic N) is 4. The number of nitro benzene ring substituents is 1. The minimum Gasteiger partial charge on any atom is -0.258 e. The molecule has 0 spiro atoms. The maximum atomic E-state index is 10.7. The number of hydrogen-bond donors (Lipinski definition) is 0. The van der Waals surface area contributed by atoms with Crippen LogP contribution in [0.15, 0.2) is 30.3 Å². The summed E-state index contributed by atoms with van der Waals surface area (Å²) in [6.45, 7) is 3.78. The number of aromatic nitrogens is 3. The predicted molar refractivity (Wildman–Crippen MR) is 83.4 cm³/mol. The molecule has 0 amide bonds. The largest absolute Gasteiger partial charge is 0.269 e. The number of rotatable bonds is 3. The first-order chi connectivity index (χ1) is 10.5. The van der Waals surface area contributed by atoms with Crippen LogP contribution in [-0.4, -0.2) is 19.5 Å². The molecule has 0 aliphatic carbocycles. The molecule has 0 atom stereocenters. The summed E-state index contributed by atoms with van der Waals surface area (Å²) in [5, 5.41) is 15.5. The molecule has 0 aliphatic heterocycles. The Bertz CT molecular complexity index is 871. The molecule has 2 heterocycles. The molecular formula is C15H13ClN4O2. The van der Waals surface area contributed by atoms with Crippen molar-refractivity contribution in [1.82, 2.24) is 14.6 Å². The molecule has 2 aromatic heterocycles. The molecule has 6 nitrogen and oxygen atoms in total. The Morgan fingerprint density at radius 1 is 1.27 bits per heavy atom. The van der Waals surface area contributed by atoms with Crippen molar-refractivity contribution in [3.05, 3.63) is 68.1 Å². The lowest BCUT2D eigenvalue weighted by Gasteiger charge is -2.09.